The Bertz CT molecular complexity index is 1150. The number of aliphatic imine (C=N–C) groups is 1. The fraction of sp³-hybridized carbons (Fsp3) is 0.0476. The number of aryl methyl sites for hydroxylation is 1. The first-order valence-corrected chi connectivity index (χ1v) is 9.50. The van der Waals surface area contributed by atoms with Gasteiger partial charge in [0.15, 0.2) is 5.17 Å². The van der Waals surface area contributed by atoms with E-state index >= 15 is 0 Å². The Morgan fingerprint density at radius 2 is 1.79 bits per heavy atom. The van der Waals surface area contributed by atoms with Gasteiger partial charge in [-0.3, -0.25) is 14.9 Å². The minimum absolute atomic E-state index is 0.0158. The van der Waals surface area contributed by atoms with Gasteiger partial charge < -0.3 is 9.73 Å². The van der Waals surface area contributed by atoms with Crippen molar-refractivity contribution in [3.63, 3.8) is 0 Å². The number of nitrogens with zero attached hydrogens (tertiary/aromatic N) is 2. The van der Waals surface area contributed by atoms with Gasteiger partial charge in [0.25, 0.3) is 11.6 Å². The van der Waals surface area contributed by atoms with E-state index in [9.17, 15) is 14.9 Å². The number of carbonyl (C=O) groups excluding carboxylic acids is 1. The maximum absolute atomic E-state index is 12.2. The molecule has 0 radical (unpaired) electrons. The van der Waals surface area contributed by atoms with Crippen molar-refractivity contribution in [1.29, 1.82) is 0 Å². The quantitative estimate of drug-likeness (QED) is 0.372. The van der Waals surface area contributed by atoms with Crippen molar-refractivity contribution >= 4 is 40.3 Å². The van der Waals surface area contributed by atoms with E-state index in [-0.39, 0.29) is 11.6 Å². The number of hydrogen-bond donors (Lipinski definition) is 1. The van der Waals surface area contributed by atoms with Crippen LogP contribution in [0.2, 0.25) is 0 Å². The van der Waals surface area contributed by atoms with Crippen molar-refractivity contribution in [2.24, 2.45) is 4.99 Å². The standard InChI is InChI=1S/C21H15N3O4S/c1-13-2-6-15(7-3-13)22-21-23-20(25)19(29-21)12-17-10-11-18(28-17)14-4-8-16(9-5-14)24(26)27/h2-12H,1H3,(H,22,23,25)/b19-12+. The number of benzene rings is 2. The van der Waals surface area contributed by atoms with E-state index < -0.39 is 4.92 Å². The summed E-state index contributed by atoms with van der Waals surface area (Å²) in [6.45, 7) is 2.00. The topological polar surface area (TPSA) is 97.7 Å². The van der Waals surface area contributed by atoms with Gasteiger partial charge in [-0.2, -0.15) is 0 Å². The number of hydrogen-bond acceptors (Lipinski definition) is 6. The fourth-order valence-electron chi connectivity index (χ4n) is 2.68. The van der Waals surface area contributed by atoms with Crippen LogP contribution in [0.3, 0.4) is 0 Å². The largest absolute Gasteiger partial charge is 0.457 e. The summed E-state index contributed by atoms with van der Waals surface area (Å²) >= 11 is 1.24. The monoisotopic (exact) mass is 405 g/mol. The highest BCUT2D eigenvalue weighted by molar-refractivity contribution is 8.18. The van der Waals surface area contributed by atoms with Gasteiger partial charge in [-0.15, -0.1) is 0 Å². The van der Waals surface area contributed by atoms with E-state index in [1.807, 2.05) is 31.2 Å². The molecule has 1 N–H and O–H groups in total. The maximum atomic E-state index is 12.2. The molecule has 1 saturated heterocycles. The number of amides is 1. The molecule has 0 unspecified atom stereocenters. The highest BCUT2D eigenvalue weighted by Crippen LogP contribution is 2.30. The average molecular weight is 405 g/mol. The van der Waals surface area contributed by atoms with Crippen molar-refractivity contribution in [1.82, 2.24) is 5.32 Å². The lowest BCUT2D eigenvalue weighted by atomic mass is 10.1. The predicted octanol–water partition coefficient (Wildman–Crippen LogP) is 5.05. The van der Waals surface area contributed by atoms with Crippen molar-refractivity contribution < 1.29 is 14.1 Å². The smallest absolute Gasteiger partial charge is 0.269 e. The molecule has 0 atom stereocenters. The Labute approximate surface area is 170 Å². The van der Waals surface area contributed by atoms with Crippen LogP contribution in [0.1, 0.15) is 11.3 Å². The SMILES string of the molecule is Cc1ccc(N=C2NC(=O)/C(=C\c3ccc(-c4ccc([N+](=O)[O-])cc4)o3)S2)cc1. The lowest BCUT2D eigenvalue weighted by Gasteiger charge is -1.97. The van der Waals surface area contributed by atoms with Crippen LogP contribution in [0.25, 0.3) is 17.4 Å². The first-order valence-electron chi connectivity index (χ1n) is 8.69. The average Bonchev–Trinajstić information content (AvgIpc) is 3.31. The fourth-order valence-corrected chi connectivity index (χ4v) is 3.50. The number of amidine groups is 1. The van der Waals surface area contributed by atoms with Crippen LogP contribution in [0.4, 0.5) is 11.4 Å². The lowest BCUT2D eigenvalue weighted by Crippen LogP contribution is -2.19. The normalized spacial score (nSPS) is 16.4. The Kier molecular flexibility index (Phi) is 5.01. The molecule has 1 aliphatic rings. The number of nitro benzene ring substituents is 1. The Balaban J connectivity index is 1.52. The van der Waals surface area contributed by atoms with Crippen LogP contribution in [0, 0.1) is 17.0 Å². The molecular weight excluding hydrogens is 390 g/mol. The molecule has 29 heavy (non-hydrogen) atoms. The third-order valence-electron chi connectivity index (χ3n) is 4.18. The highest BCUT2D eigenvalue weighted by atomic mass is 32.2. The van der Waals surface area contributed by atoms with Crippen molar-refractivity contribution in [2.45, 2.75) is 6.92 Å². The molecule has 144 valence electrons. The molecule has 1 fully saturated rings. The summed E-state index contributed by atoms with van der Waals surface area (Å²) in [5, 5.41) is 14.0. The maximum Gasteiger partial charge on any atom is 0.269 e. The first kappa shape index (κ1) is 18.7. The molecule has 0 spiro atoms. The van der Waals surface area contributed by atoms with Crippen LogP contribution in [0.15, 0.2) is 75.0 Å². The van der Waals surface area contributed by atoms with Crippen molar-refractivity contribution in [3.8, 4) is 11.3 Å². The summed E-state index contributed by atoms with van der Waals surface area (Å²) in [6.07, 6.45) is 1.65. The number of furan rings is 1. The minimum Gasteiger partial charge on any atom is -0.457 e. The van der Waals surface area contributed by atoms with Crippen LogP contribution in [-0.2, 0) is 4.79 Å². The molecule has 2 heterocycles. The Morgan fingerprint density at radius 3 is 2.48 bits per heavy atom. The van der Waals surface area contributed by atoms with Crippen molar-refractivity contribution in [2.75, 3.05) is 0 Å². The van der Waals surface area contributed by atoms with Gasteiger partial charge >= 0.3 is 0 Å². The molecule has 1 amide bonds. The summed E-state index contributed by atoms with van der Waals surface area (Å²) < 4.78 is 5.77. The van der Waals surface area contributed by atoms with E-state index in [0.717, 1.165) is 11.3 Å². The predicted molar refractivity (Wildman–Crippen MR) is 113 cm³/mol. The van der Waals surface area contributed by atoms with Crippen LogP contribution >= 0.6 is 11.8 Å². The summed E-state index contributed by atoms with van der Waals surface area (Å²) in [7, 11) is 0. The molecular formula is C21H15N3O4S. The highest BCUT2D eigenvalue weighted by Gasteiger charge is 2.24. The zero-order chi connectivity index (χ0) is 20.4. The van der Waals surface area contributed by atoms with Gasteiger partial charge in [-0.25, -0.2) is 4.99 Å². The van der Waals surface area contributed by atoms with Crippen LogP contribution in [-0.4, -0.2) is 16.0 Å². The van der Waals surface area contributed by atoms with Gasteiger partial charge in [0.05, 0.1) is 15.5 Å². The van der Waals surface area contributed by atoms with E-state index in [4.69, 9.17) is 4.42 Å². The molecule has 0 bridgehead atoms. The lowest BCUT2D eigenvalue weighted by molar-refractivity contribution is -0.384. The van der Waals surface area contributed by atoms with Gasteiger partial charge in [-0.1, -0.05) is 17.7 Å². The second kappa shape index (κ2) is 7.76. The molecule has 7 nitrogen and oxygen atoms in total. The molecule has 0 aliphatic carbocycles. The number of nitrogens with one attached hydrogen (secondary N) is 1. The Morgan fingerprint density at radius 1 is 1.07 bits per heavy atom. The molecule has 1 aliphatic heterocycles. The number of rotatable bonds is 4. The molecule has 3 aromatic rings. The Hall–Kier alpha value is -3.65. The van der Waals surface area contributed by atoms with E-state index in [1.54, 1.807) is 30.3 Å². The van der Waals surface area contributed by atoms with Gasteiger partial charge in [0.2, 0.25) is 0 Å². The number of nitro groups is 1. The molecule has 2 aromatic carbocycles. The second-order valence-electron chi connectivity index (χ2n) is 6.32. The third kappa shape index (κ3) is 4.27. The summed E-state index contributed by atoms with van der Waals surface area (Å²) in [5.41, 5.74) is 2.63. The van der Waals surface area contributed by atoms with Crippen LogP contribution < -0.4 is 5.32 Å². The summed E-state index contributed by atoms with van der Waals surface area (Å²) in [6, 6.07) is 17.3. The van der Waals surface area contributed by atoms with Gasteiger partial charge in [0.1, 0.15) is 11.5 Å². The minimum atomic E-state index is -0.451. The zero-order valence-electron chi connectivity index (χ0n) is 15.3. The summed E-state index contributed by atoms with van der Waals surface area (Å²) in [5.74, 6) is 0.824. The van der Waals surface area contributed by atoms with E-state index in [0.29, 0.717) is 27.2 Å². The van der Waals surface area contributed by atoms with Gasteiger partial charge in [0, 0.05) is 23.8 Å². The zero-order valence-corrected chi connectivity index (χ0v) is 16.1. The van der Waals surface area contributed by atoms with Crippen LogP contribution in [0.5, 0.6) is 0 Å². The molecule has 8 heteroatoms. The number of thioether (sulfide) groups is 1. The summed E-state index contributed by atoms with van der Waals surface area (Å²) in [4.78, 5) is 27.4. The van der Waals surface area contributed by atoms with Gasteiger partial charge in [-0.05, 0) is 55.1 Å². The molecule has 0 saturated carbocycles. The second-order valence-corrected chi connectivity index (χ2v) is 7.35. The molecule has 1 aromatic heterocycles. The number of non-ortho nitro benzene ring substituents is 1. The molecule has 4 rings (SSSR count). The number of carbonyl (C=O) groups is 1. The van der Waals surface area contributed by atoms with Crippen molar-refractivity contribution in [3.05, 3.63) is 87.0 Å². The third-order valence-corrected chi connectivity index (χ3v) is 5.09. The first-order chi connectivity index (χ1) is 14.0. The van der Waals surface area contributed by atoms with E-state index in [1.165, 1.54) is 23.9 Å². The van der Waals surface area contributed by atoms with E-state index in [2.05, 4.69) is 10.3 Å².